The lowest BCUT2D eigenvalue weighted by Crippen LogP contribution is -2.38. The van der Waals surface area contributed by atoms with E-state index in [1.807, 2.05) is 12.1 Å². The third-order valence-corrected chi connectivity index (χ3v) is 3.18. The number of aryl methyl sites for hydroxylation is 1. The van der Waals surface area contributed by atoms with Crippen LogP contribution in [0, 0.1) is 6.92 Å². The standard InChI is InChI=1S/C17H24N4.HI/c1-3-18-17(19-9-12-21-10-4-5-11-21)20-14-16-8-6-7-15(2)13-16;/h4-8,10-11,13H,3,9,12,14H2,1-2H3,(H2,18,19,20);1H. The molecule has 0 atom stereocenters. The summed E-state index contributed by atoms with van der Waals surface area (Å²) >= 11 is 0. The summed E-state index contributed by atoms with van der Waals surface area (Å²) in [6, 6.07) is 12.5. The van der Waals surface area contributed by atoms with Gasteiger partial charge in [0.05, 0.1) is 6.54 Å². The first-order valence-electron chi connectivity index (χ1n) is 7.46. The normalized spacial score (nSPS) is 10.9. The summed E-state index contributed by atoms with van der Waals surface area (Å²) in [5, 5.41) is 6.64. The molecular weight excluding hydrogens is 387 g/mol. The zero-order chi connectivity index (χ0) is 14.9. The highest BCUT2D eigenvalue weighted by Crippen LogP contribution is 2.04. The van der Waals surface area contributed by atoms with Crippen LogP contribution < -0.4 is 10.6 Å². The highest BCUT2D eigenvalue weighted by atomic mass is 127. The lowest BCUT2D eigenvalue weighted by atomic mass is 10.1. The summed E-state index contributed by atoms with van der Waals surface area (Å²) in [6.45, 7) is 7.53. The van der Waals surface area contributed by atoms with E-state index in [1.165, 1.54) is 11.1 Å². The fourth-order valence-electron chi connectivity index (χ4n) is 2.15. The Kier molecular flexibility index (Phi) is 8.65. The molecule has 22 heavy (non-hydrogen) atoms. The maximum atomic E-state index is 4.63. The van der Waals surface area contributed by atoms with Crippen LogP contribution in [-0.4, -0.2) is 23.6 Å². The molecule has 0 bridgehead atoms. The summed E-state index contributed by atoms with van der Waals surface area (Å²) < 4.78 is 2.15. The van der Waals surface area contributed by atoms with Gasteiger partial charge in [0.15, 0.2) is 5.96 Å². The number of rotatable bonds is 6. The van der Waals surface area contributed by atoms with E-state index in [1.54, 1.807) is 0 Å². The number of guanidine groups is 1. The van der Waals surface area contributed by atoms with Crippen molar-refractivity contribution < 1.29 is 0 Å². The number of aromatic nitrogens is 1. The van der Waals surface area contributed by atoms with Gasteiger partial charge in [-0.2, -0.15) is 0 Å². The van der Waals surface area contributed by atoms with Gasteiger partial charge in [-0.15, -0.1) is 24.0 Å². The second-order valence-electron chi connectivity index (χ2n) is 5.03. The van der Waals surface area contributed by atoms with Crippen LogP contribution in [0.2, 0.25) is 0 Å². The number of benzene rings is 1. The lowest BCUT2D eigenvalue weighted by Gasteiger charge is -2.11. The van der Waals surface area contributed by atoms with Gasteiger partial charge in [0.2, 0.25) is 0 Å². The zero-order valence-electron chi connectivity index (χ0n) is 13.2. The molecule has 1 aromatic carbocycles. The van der Waals surface area contributed by atoms with E-state index in [0.29, 0.717) is 6.54 Å². The summed E-state index contributed by atoms with van der Waals surface area (Å²) in [5.41, 5.74) is 2.51. The highest BCUT2D eigenvalue weighted by molar-refractivity contribution is 14.0. The number of nitrogens with one attached hydrogen (secondary N) is 2. The minimum absolute atomic E-state index is 0. The van der Waals surface area contributed by atoms with E-state index >= 15 is 0 Å². The van der Waals surface area contributed by atoms with Crippen LogP contribution in [0.15, 0.2) is 53.8 Å². The quantitative estimate of drug-likeness (QED) is 0.435. The van der Waals surface area contributed by atoms with E-state index in [2.05, 4.69) is 70.7 Å². The molecule has 4 nitrogen and oxygen atoms in total. The molecule has 1 aromatic heterocycles. The van der Waals surface area contributed by atoms with Crippen molar-refractivity contribution in [3.05, 3.63) is 59.9 Å². The third kappa shape index (κ3) is 6.51. The molecule has 0 spiro atoms. The van der Waals surface area contributed by atoms with Crippen LogP contribution in [0.3, 0.4) is 0 Å². The summed E-state index contributed by atoms with van der Waals surface area (Å²) in [7, 11) is 0. The SMILES string of the molecule is CCNC(=NCc1cccc(C)c1)NCCn1cccc1.I. The molecule has 120 valence electrons. The highest BCUT2D eigenvalue weighted by Gasteiger charge is 1.98. The van der Waals surface area contributed by atoms with Crippen molar-refractivity contribution >= 4 is 29.9 Å². The van der Waals surface area contributed by atoms with Crippen molar-refractivity contribution in [3.8, 4) is 0 Å². The molecule has 0 radical (unpaired) electrons. The molecule has 0 saturated carbocycles. The molecule has 1 heterocycles. The molecule has 0 unspecified atom stereocenters. The molecule has 0 amide bonds. The molecule has 0 fully saturated rings. The average Bonchev–Trinajstić information content (AvgIpc) is 2.98. The van der Waals surface area contributed by atoms with Crippen LogP contribution in [0.25, 0.3) is 0 Å². The van der Waals surface area contributed by atoms with Gasteiger partial charge in [-0.25, -0.2) is 4.99 Å². The van der Waals surface area contributed by atoms with Gasteiger partial charge in [-0.1, -0.05) is 29.8 Å². The number of halogens is 1. The minimum Gasteiger partial charge on any atom is -0.357 e. The Hall–Kier alpha value is -1.50. The smallest absolute Gasteiger partial charge is 0.191 e. The molecule has 0 aliphatic heterocycles. The Labute approximate surface area is 150 Å². The first-order chi connectivity index (χ1) is 10.3. The number of aliphatic imine (C=N–C) groups is 1. The van der Waals surface area contributed by atoms with Crippen molar-refractivity contribution in [3.63, 3.8) is 0 Å². The van der Waals surface area contributed by atoms with E-state index in [-0.39, 0.29) is 24.0 Å². The topological polar surface area (TPSA) is 41.4 Å². The Morgan fingerprint density at radius 1 is 1.14 bits per heavy atom. The lowest BCUT2D eigenvalue weighted by molar-refractivity contribution is 0.666. The van der Waals surface area contributed by atoms with Gasteiger partial charge in [0.1, 0.15) is 0 Å². The molecular formula is C17H25IN4. The summed E-state index contributed by atoms with van der Waals surface area (Å²) in [4.78, 5) is 4.63. The third-order valence-electron chi connectivity index (χ3n) is 3.18. The Bertz CT molecular complexity index is 564. The molecule has 0 aliphatic rings. The van der Waals surface area contributed by atoms with Crippen LogP contribution in [0.4, 0.5) is 0 Å². The van der Waals surface area contributed by atoms with Crippen molar-refractivity contribution in [1.29, 1.82) is 0 Å². The number of nitrogens with zero attached hydrogens (tertiary/aromatic N) is 2. The fraction of sp³-hybridized carbons (Fsp3) is 0.353. The molecule has 2 aromatic rings. The summed E-state index contributed by atoms with van der Waals surface area (Å²) in [6.07, 6.45) is 4.14. The van der Waals surface area contributed by atoms with Gasteiger partial charge in [0.25, 0.3) is 0 Å². The maximum Gasteiger partial charge on any atom is 0.191 e. The predicted octanol–water partition coefficient (Wildman–Crippen LogP) is 3.17. The van der Waals surface area contributed by atoms with Crippen molar-refractivity contribution in [1.82, 2.24) is 15.2 Å². The van der Waals surface area contributed by atoms with E-state index < -0.39 is 0 Å². The Morgan fingerprint density at radius 3 is 2.59 bits per heavy atom. The molecule has 2 N–H and O–H groups in total. The van der Waals surface area contributed by atoms with Crippen LogP contribution in [0.5, 0.6) is 0 Å². The average molecular weight is 412 g/mol. The van der Waals surface area contributed by atoms with Crippen molar-refractivity contribution in [2.75, 3.05) is 13.1 Å². The van der Waals surface area contributed by atoms with Crippen molar-refractivity contribution in [2.24, 2.45) is 4.99 Å². The zero-order valence-corrected chi connectivity index (χ0v) is 15.6. The van der Waals surface area contributed by atoms with E-state index in [0.717, 1.165) is 25.6 Å². The molecule has 0 saturated heterocycles. The first kappa shape index (κ1) is 18.5. The fourth-order valence-corrected chi connectivity index (χ4v) is 2.15. The van der Waals surface area contributed by atoms with E-state index in [4.69, 9.17) is 0 Å². The Balaban J connectivity index is 0.00000242. The predicted molar refractivity (Wildman–Crippen MR) is 104 cm³/mol. The second kappa shape index (κ2) is 10.3. The van der Waals surface area contributed by atoms with Gasteiger partial charge >= 0.3 is 0 Å². The summed E-state index contributed by atoms with van der Waals surface area (Å²) in [5.74, 6) is 0.867. The largest absolute Gasteiger partial charge is 0.357 e. The van der Waals surface area contributed by atoms with Gasteiger partial charge < -0.3 is 15.2 Å². The Morgan fingerprint density at radius 2 is 1.91 bits per heavy atom. The van der Waals surface area contributed by atoms with Crippen LogP contribution in [-0.2, 0) is 13.1 Å². The molecule has 5 heteroatoms. The minimum atomic E-state index is 0. The van der Waals surface area contributed by atoms with Gasteiger partial charge in [0, 0.05) is 32.0 Å². The maximum absolute atomic E-state index is 4.63. The van der Waals surface area contributed by atoms with Gasteiger partial charge in [-0.05, 0) is 31.5 Å². The monoisotopic (exact) mass is 412 g/mol. The van der Waals surface area contributed by atoms with Crippen LogP contribution >= 0.6 is 24.0 Å². The molecule has 2 rings (SSSR count). The van der Waals surface area contributed by atoms with Gasteiger partial charge in [-0.3, -0.25) is 0 Å². The first-order valence-corrected chi connectivity index (χ1v) is 7.46. The molecule has 0 aliphatic carbocycles. The number of hydrogen-bond donors (Lipinski definition) is 2. The van der Waals surface area contributed by atoms with Crippen LogP contribution in [0.1, 0.15) is 18.1 Å². The van der Waals surface area contributed by atoms with E-state index in [9.17, 15) is 0 Å². The number of hydrogen-bond acceptors (Lipinski definition) is 1. The second-order valence-corrected chi connectivity index (χ2v) is 5.03. The van der Waals surface area contributed by atoms with Crippen molar-refractivity contribution in [2.45, 2.75) is 26.9 Å².